The second-order valence-corrected chi connectivity index (χ2v) is 3.96. The van der Waals surface area contributed by atoms with Gasteiger partial charge in [-0.05, 0) is 17.4 Å². The van der Waals surface area contributed by atoms with Gasteiger partial charge in [0.05, 0.1) is 0 Å². The first-order chi connectivity index (χ1) is 4.49. The van der Waals surface area contributed by atoms with Crippen molar-refractivity contribution >= 4 is 5.78 Å². The van der Waals surface area contributed by atoms with Crippen molar-refractivity contribution in [3.05, 3.63) is 11.6 Å². The predicted molar refractivity (Wildman–Crippen MR) is 41.8 cm³/mol. The molecule has 0 aromatic rings. The lowest BCUT2D eigenvalue weighted by atomic mass is 9.83. The Bertz CT molecular complexity index is 181. The van der Waals surface area contributed by atoms with Crippen LogP contribution in [-0.4, -0.2) is 5.78 Å². The molecule has 0 amide bonds. The Morgan fingerprint density at radius 3 is 2.00 bits per heavy atom. The number of rotatable bonds is 0. The summed E-state index contributed by atoms with van der Waals surface area (Å²) in [6, 6.07) is 0. The number of allylic oxidation sites excluding steroid dienone is 2. The van der Waals surface area contributed by atoms with E-state index in [4.69, 9.17) is 0 Å². The van der Waals surface area contributed by atoms with Crippen molar-refractivity contribution in [3.8, 4) is 0 Å². The van der Waals surface area contributed by atoms with Gasteiger partial charge in [-0.3, -0.25) is 4.79 Å². The SMILES string of the molecule is CC(C)(C)/C=C1/CCC1=O. The van der Waals surface area contributed by atoms with Crippen LogP contribution in [0.4, 0.5) is 0 Å². The molecule has 0 radical (unpaired) electrons. The van der Waals surface area contributed by atoms with Crippen molar-refractivity contribution in [2.45, 2.75) is 33.6 Å². The van der Waals surface area contributed by atoms with Crippen LogP contribution in [0.2, 0.25) is 0 Å². The van der Waals surface area contributed by atoms with E-state index in [1.54, 1.807) is 0 Å². The van der Waals surface area contributed by atoms with Gasteiger partial charge < -0.3 is 0 Å². The summed E-state index contributed by atoms with van der Waals surface area (Å²) < 4.78 is 0. The molecule has 0 spiro atoms. The molecular formula is C9H14O. The van der Waals surface area contributed by atoms with Crippen molar-refractivity contribution in [3.63, 3.8) is 0 Å². The zero-order chi connectivity index (χ0) is 7.78. The van der Waals surface area contributed by atoms with Gasteiger partial charge in [0.1, 0.15) is 0 Å². The molecule has 0 aromatic carbocycles. The Morgan fingerprint density at radius 1 is 1.30 bits per heavy atom. The Kier molecular flexibility index (Phi) is 1.67. The maximum absolute atomic E-state index is 10.8. The van der Waals surface area contributed by atoms with Crippen LogP contribution in [0.15, 0.2) is 11.6 Å². The van der Waals surface area contributed by atoms with Crippen LogP contribution in [-0.2, 0) is 4.79 Å². The van der Waals surface area contributed by atoms with Gasteiger partial charge in [0.25, 0.3) is 0 Å². The molecular weight excluding hydrogens is 124 g/mol. The molecule has 0 unspecified atom stereocenters. The van der Waals surface area contributed by atoms with E-state index < -0.39 is 0 Å². The summed E-state index contributed by atoms with van der Waals surface area (Å²) in [6.07, 6.45) is 3.84. The largest absolute Gasteiger partial charge is 0.295 e. The normalized spacial score (nSPS) is 23.1. The van der Waals surface area contributed by atoms with Gasteiger partial charge in [-0.2, -0.15) is 0 Å². The summed E-state index contributed by atoms with van der Waals surface area (Å²) in [6.45, 7) is 6.35. The molecule has 10 heavy (non-hydrogen) atoms. The van der Waals surface area contributed by atoms with Crippen LogP contribution in [0.3, 0.4) is 0 Å². The summed E-state index contributed by atoms with van der Waals surface area (Å²) in [4.78, 5) is 10.8. The lowest BCUT2D eigenvalue weighted by Crippen LogP contribution is -2.17. The quantitative estimate of drug-likeness (QED) is 0.469. The highest BCUT2D eigenvalue weighted by Crippen LogP contribution is 2.27. The highest BCUT2D eigenvalue weighted by Gasteiger charge is 2.22. The third-order valence-corrected chi connectivity index (χ3v) is 1.59. The fourth-order valence-corrected chi connectivity index (χ4v) is 1.05. The van der Waals surface area contributed by atoms with Crippen LogP contribution >= 0.6 is 0 Å². The van der Waals surface area contributed by atoms with Crippen molar-refractivity contribution in [2.75, 3.05) is 0 Å². The lowest BCUT2D eigenvalue weighted by Gasteiger charge is -2.20. The highest BCUT2D eigenvalue weighted by atomic mass is 16.1. The van der Waals surface area contributed by atoms with E-state index in [-0.39, 0.29) is 5.41 Å². The van der Waals surface area contributed by atoms with Gasteiger partial charge in [-0.1, -0.05) is 26.8 Å². The minimum atomic E-state index is 0.172. The molecule has 0 bridgehead atoms. The van der Waals surface area contributed by atoms with E-state index in [1.165, 1.54) is 0 Å². The Labute approximate surface area is 62.1 Å². The predicted octanol–water partition coefficient (Wildman–Crippen LogP) is 2.32. The van der Waals surface area contributed by atoms with Gasteiger partial charge in [-0.15, -0.1) is 0 Å². The number of Topliss-reactive ketones (excluding diaryl/α,β-unsaturated/α-hetero) is 1. The number of hydrogen-bond acceptors (Lipinski definition) is 1. The van der Waals surface area contributed by atoms with Crippen LogP contribution in [0.1, 0.15) is 33.6 Å². The summed E-state index contributed by atoms with van der Waals surface area (Å²) in [5.41, 5.74) is 1.21. The second kappa shape index (κ2) is 2.22. The third kappa shape index (κ3) is 1.69. The molecule has 0 N–H and O–H groups in total. The molecule has 0 aliphatic heterocycles. The molecule has 56 valence electrons. The first-order valence-electron chi connectivity index (χ1n) is 3.74. The summed E-state index contributed by atoms with van der Waals surface area (Å²) >= 11 is 0. The van der Waals surface area contributed by atoms with Crippen molar-refractivity contribution in [1.82, 2.24) is 0 Å². The Balaban J connectivity index is 2.64. The fourth-order valence-electron chi connectivity index (χ4n) is 1.05. The minimum absolute atomic E-state index is 0.172. The standard InChI is InChI=1S/C9H14O/c1-9(2,3)6-7-4-5-8(7)10/h6H,4-5H2,1-3H3/b7-6-. The van der Waals surface area contributed by atoms with Crippen molar-refractivity contribution in [2.24, 2.45) is 5.41 Å². The minimum Gasteiger partial charge on any atom is -0.295 e. The maximum atomic E-state index is 10.8. The van der Waals surface area contributed by atoms with Gasteiger partial charge in [0.2, 0.25) is 0 Å². The van der Waals surface area contributed by atoms with E-state index in [0.29, 0.717) is 5.78 Å². The van der Waals surface area contributed by atoms with Crippen LogP contribution in [0.25, 0.3) is 0 Å². The van der Waals surface area contributed by atoms with E-state index in [2.05, 4.69) is 26.8 Å². The smallest absolute Gasteiger partial charge is 0.158 e. The van der Waals surface area contributed by atoms with Crippen LogP contribution < -0.4 is 0 Å². The Hall–Kier alpha value is -0.590. The molecule has 0 saturated heterocycles. The fraction of sp³-hybridized carbons (Fsp3) is 0.667. The monoisotopic (exact) mass is 138 g/mol. The third-order valence-electron chi connectivity index (χ3n) is 1.59. The lowest BCUT2D eigenvalue weighted by molar-refractivity contribution is -0.118. The molecule has 0 heterocycles. The molecule has 1 aliphatic rings. The highest BCUT2D eigenvalue weighted by molar-refractivity contribution is 6.01. The molecule has 1 saturated carbocycles. The summed E-state index contributed by atoms with van der Waals surface area (Å²) in [7, 11) is 0. The molecule has 1 heteroatoms. The van der Waals surface area contributed by atoms with E-state index in [9.17, 15) is 4.79 Å². The number of carbonyl (C=O) groups is 1. The van der Waals surface area contributed by atoms with Crippen LogP contribution in [0, 0.1) is 5.41 Å². The number of carbonyl (C=O) groups excluding carboxylic acids is 1. The molecule has 1 fully saturated rings. The topological polar surface area (TPSA) is 17.1 Å². The summed E-state index contributed by atoms with van der Waals surface area (Å²) in [5.74, 6) is 0.343. The zero-order valence-corrected chi connectivity index (χ0v) is 6.90. The number of hydrogen-bond donors (Lipinski definition) is 0. The van der Waals surface area contributed by atoms with Crippen molar-refractivity contribution < 1.29 is 4.79 Å². The molecule has 0 aromatic heterocycles. The average molecular weight is 138 g/mol. The van der Waals surface area contributed by atoms with E-state index in [1.807, 2.05) is 0 Å². The first-order valence-corrected chi connectivity index (χ1v) is 3.74. The molecule has 1 rings (SSSR count). The first kappa shape index (κ1) is 7.52. The van der Waals surface area contributed by atoms with E-state index >= 15 is 0 Å². The zero-order valence-electron chi connectivity index (χ0n) is 6.90. The van der Waals surface area contributed by atoms with Gasteiger partial charge in [-0.25, -0.2) is 0 Å². The van der Waals surface area contributed by atoms with Gasteiger partial charge >= 0.3 is 0 Å². The number of ketones is 1. The van der Waals surface area contributed by atoms with Crippen molar-refractivity contribution in [1.29, 1.82) is 0 Å². The van der Waals surface area contributed by atoms with Gasteiger partial charge in [0.15, 0.2) is 5.78 Å². The molecule has 1 aliphatic carbocycles. The Morgan fingerprint density at radius 2 is 1.90 bits per heavy atom. The van der Waals surface area contributed by atoms with Gasteiger partial charge in [0, 0.05) is 6.42 Å². The average Bonchev–Trinajstić information content (AvgIpc) is 1.78. The molecule has 0 atom stereocenters. The van der Waals surface area contributed by atoms with E-state index in [0.717, 1.165) is 18.4 Å². The van der Waals surface area contributed by atoms with Crippen LogP contribution in [0.5, 0.6) is 0 Å². The second-order valence-electron chi connectivity index (χ2n) is 3.96. The summed E-state index contributed by atoms with van der Waals surface area (Å²) in [5, 5.41) is 0. The maximum Gasteiger partial charge on any atom is 0.158 e. The molecule has 1 nitrogen and oxygen atoms in total.